The Morgan fingerprint density at radius 2 is 1.51 bits per heavy atom. The summed E-state index contributed by atoms with van der Waals surface area (Å²) in [5.41, 5.74) is 12.4. The molecule has 0 spiro atoms. The highest BCUT2D eigenvalue weighted by atomic mass is 16.7. The van der Waals surface area contributed by atoms with Crippen LogP contribution >= 0.6 is 0 Å². The lowest BCUT2D eigenvalue weighted by atomic mass is 9.75. The number of nitrogens with one attached hydrogen (secondary N) is 3. The van der Waals surface area contributed by atoms with Crippen LogP contribution in [-0.4, -0.2) is 58.0 Å². The minimum atomic E-state index is -0.634. The number of nitrogen functional groups attached to an aromatic ring is 1. The summed E-state index contributed by atoms with van der Waals surface area (Å²) >= 11 is 0. The molecule has 3 amide bonds. The number of para-hydroxylation sites is 2. The van der Waals surface area contributed by atoms with Crippen molar-refractivity contribution in [2.75, 3.05) is 17.6 Å². The zero-order chi connectivity index (χ0) is 42.9. The van der Waals surface area contributed by atoms with Crippen molar-refractivity contribution in [3.8, 4) is 11.1 Å². The van der Waals surface area contributed by atoms with Gasteiger partial charge >= 0.3 is 0 Å². The maximum absolute atomic E-state index is 13.9. The molecule has 2 saturated heterocycles. The molecule has 11 nitrogen and oxygen atoms in total. The SMILES string of the molecule is CC(C)(C)NC(=O)[C@H]1CC[C@H]2CCCC[C@H]2N1C[C@H]1C[C@@H](c2ccc(CO)cc2)O[C@@H](c2ccc(-c3ccccc3CNC(=O)CCCC(=O)Nc3ccccc3N)cc2)O1. The van der Waals surface area contributed by atoms with Gasteiger partial charge in [0.05, 0.1) is 36.2 Å². The van der Waals surface area contributed by atoms with E-state index in [1.807, 2.05) is 75.4 Å². The zero-order valence-corrected chi connectivity index (χ0v) is 35.9. The molecule has 61 heavy (non-hydrogen) atoms. The van der Waals surface area contributed by atoms with Crippen LogP contribution in [0, 0.1) is 5.92 Å². The number of hydrogen-bond acceptors (Lipinski definition) is 8. The van der Waals surface area contributed by atoms with Crippen LogP contribution in [0.15, 0.2) is 97.1 Å². The minimum Gasteiger partial charge on any atom is -0.397 e. The summed E-state index contributed by atoms with van der Waals surface area (Å²) in [4.78, 5) is 41.6. The third-order valence-corrected chi connectivity index (χ3v) is 12.4. The number of amides is 3. The first-order valence-corrected chi connectivity index (χ1v) is 22.1. The number of carbonyl (C=O) groups is 3. The van der Waals surface area contributed by atoms with Crippen molar-refractivity contribution >= 4 is 29.1 Å². The van der Waals surface area contributed by atoms with Crippen LogP contribution in [0.3, 0.4) is 0 Å². The van der Waals surface area contributed by atoms with E-state index in [-0.39, 0.29) is 61.0 Å². The summed E-state index contributed by atoms with van der Waals surface area (Å²) in [5, 5.41) is 18.9. The number of benzene rings is 4. The number of ether oxygens (including phenoxy) is 2. The summed E-state index contributed by atoms with van der Waals surface area (Å²) in [6.45, 7) is 7.09. The number of aliphatic hydroxyl groups is 1. The molecular formula is C50H63N5O6. The molecule has 11 heteroatoms. The predicted octanol–water partition coefficient (Wildman–Crippen LogP) is 8.34. The van der Waals surface area contributed by atoms with Gasteiger partial charge in [0.15, 0.2) is 6.29 Å². The average molecular weight is 830 g/mol. The number of fused-ring (bicyclic) bond motifs is 1. The van der Waals surface area contributed by atoms with Crippen molar-refractivity contribution < 1.29 is 29.0 Å². The van der Waals surface area contributed by atoms with Crippen LogP contribution in [0.5, 0.6) is 0 Å². The van der Waals surface area contributed by atoms with Gasteiger partial charge in [-0.2, -0.15) is 0 Å². The molecule has 4 aromatic carbocycles. The number of aliphatic hydroxyl groups excluding tert-OH is 1. The second-order valence-electron chi connectivity index (χ2n) is 18.0. The molecule has 1 saturated carbocycles. The largest absolute Gasteiger partial charge is 0.397 e. The Morgan fingerprint density at radius 1 is 0.803 bits per heavy atom. The normalized spacial score (nSPS) is 23.1. The van der Waals surface area contributed by atoms with E-state index in [0.717, 1.165) is 52.6 Å². The molecule has 0 radical (unpaired) electrons. The van der Waals surface area contributed by atoms with Crippen molar-refractivity contribution in [2.45, 2.75) is 134 Å². The van der Waals surface area contributed by atoms with Gasteiger partial charge in [0.1, 0.15) is 0 Å². The van der Waals surface area contributed by atoms with Crippen LogP contribution in [-0.2, 0) is 37.0 Å². The van der Waals surface area contributed by atoms with E-state index < -0.39 is 6.29 Å². The fraction of sp³-hybridized carbons (Fsp3) is 0.460. The lowest BCUT2D eigenvalue weighted by Gasteiger charge is -2.50. The van der Waals surface area contributed by atoms with E-state index in [1.165, 1.54) is 19.3 Å². The van der Waals surface area contributed by atoms with Gasteiger partial charge in [-0.1, -0.05) is 97.8 Å². The number of piperidine rings is 1. The van der Waals surface area contributed by atoms with Crippen LogP contribution in [0.1, 0.15) is 120 Å². The fourth-order valence-electron chi connectivity index (χ4n) is 9.29. The lowest BCUT2D eigenvalue weighted by Crippen LogP contribution is -2.61. The van der Waals surface area contributed by atoms with Crippen molar-refractivity contribution in [3.05, 3.63) is 119 Å². The van der Waals surface area contributed by atoms with Gasteiger partial charge in [0, 0.05) is 49.5 Å². The van der Waals surface area contributed by atoms with Gasteiger partial charge in [-0.05, 0) is 98.7 Å². The highest BCUT2D eigenvalue weighted by molar-refractivity contribution is 5.94. The van der Waals surface area contributed by atoms with Crippen LogP contribution < -0.4 is 21.7 Å². The molecule has 4 aromatic rings. The van der Waals surface area contributed by atoms with Crippen LogP contribution in [0.2, 0.25) is 0 Å². The molecule has 3 aliphatic rings. The molecule has 6 atom stereocenters. The van der Waals surface area contributed by atoms with Crippen LogP contribution in [0.25, 0.3) is 11.1 Å². The van der Waals surface area contributed by atoms with Gasteiger partial charge in [-0.3, -0.25) is 19.3 Å². The number of hydrogen-bond donors (Lipinski definition) is 5. The van der Waals surface area contributed by atoms with E-state index in [0.29, 0.717) is 49.3 Å². The van der Waals surface area contributed by atoms with E-state index in [2.05, 4.69) is 51.2 Å². The maximum atomic E-state index is 13.9. The fourth-order valence-corrected chi connectivity index (χ4v) is 9.29. The number of carbonyl (C=O) groups excluding carboxylic acids is 3. The van der Waals surface area contributed by atoms with Gasteiger partial charge in [0.25, 0.3) is 0 Å². The smallest absolute Gasteiger partial charge is 0.237 e. The molecule has 0 bridgehead atoms. The summed E-state index contributed by atoms with van der Waals surface area (Å²) in [7, 11) is 0. The summed E-state index contributed by atoms with van der Waals surface area (Å²) in [5.74, 6) is 0.387. The topological polar surface area (TPSA) is 155 Å². The van der Waals surface area contributed by atoms with Crippen molar-refractivity contribution in [3.63, 3.8) is 0 Å². The maximum Gasteiger partial charge on any atom is 0.237 e. The second-order valence-corrected chi connectivity index (χ2v) is 18.0. The van der Waals surface area contributed by atoms with Gasteiger partial charge in [0.2, 0.25) is 17.7 Å². The average Bonchev–Trinajstić information content (AvgIpc) is 3.26. The van der Waals surface area contributed by atoms with Crippen molar-refractivity contribution in [1.29, 1.82) is 0 Å². The van der Waals surface area contributed by atoms with Gasteiger partial charge < -0.3 is 36.3 Å². The Balaban J connectivity index is 1.03. The van der Waals surface area contributed by atoms with E-state index >= 15 is 0 Å². The number of nitrogens with two attached hydrogens (primary N) is 1. The number of rotatable bonds is 14. The standard InChI is InChI=1S/C50H63N5O6/c1-50(2,3)54-48(59)44-28-27-35-11-5-9-16-43(35)55(44)31-39-29-45(36-21-19-33(32-56)20-22-36)61-49(60-39)37-25-23-34(24-26-37)40-13-6-4-12-38(40)30-52-46(57)17-10-18-47(58)53-42-15-8-7-14-41(42)51/h4,6-8,12-15,19-26,35,39,43-45,49,56H,5,9-11,16-18,27-32,51H2,1-3H3,(H,52,57)(H,53,58)(H,54,59)/t35-,39-,43-,44-,45+,49+/m1/s1. The molecule has 3 fully saturated rings. The van der Waals surface area contributed by atoms with E-state index in [4.69, 9.17) is 15.2 Å². The van der Waals surface area contributed by atoms with Gasteiger partial charge in [-0.15, -0.1) is 0 Å². The molecule has 6 N–H and O–H groups in total. The highest BCUT2D eigenvalue weighted by Gasteiger charge is 2.44. The number of anilines is 2. The Hall–Kier alpha value is -5.07. The lowest BCUT2D eigenvalue weighted by molar-refractivity contribution is -0.255. The monoisotopic (exact) mass is 829 g/mol. The van der Waals surface area contributed by atoms with Crippen molar-refractivity contribution in [1.82, 2.24) is 15.5 Å². The molecule has 0 aromatic heterocycles. The first-order valence-electron chi connectivity index (χ1n) is 22.1. The van der Waals surface area contributed by atoms with Crippen molar-refractivity contribution in [2.24, 2.45) is 5.92 Å². The number of nitrogens with zero attached hydrogens (tertiary/aromatic N) is 1. The highest BCUT2D eigenvalue weighted by Crippen LogP contribution is 2.42. The third-order valence-electron chi connectivity index (χ3n) is 12.4. The second kappa shape index (κ2) is 20.2. The first-order chi connectivity index (χ1) is 29.4. The van der Waals surface area contributed by atoms with E-state index in [1.54, 1.807) is 12.1 Å². The number of likely N-dealkylation sites (tertiary alicyclic amines) is 1. The molecule has 2 aliphatic heterocycles. The predicted molar refractivity (Wildman–Crippen MR) is 239 cm³/mol. The molecular weight excluding hydrogens is 767 g/mol. The minimum absolute atomic E-state index is 0.0241. The first kappa shape index (κ1) is 44.0. The molecule has 2 heterocycles. The molecule has 0 unspecified atom stereocenters. The quantitative estimate of drug-likeness (QED) is 0.0795. The third kappa shape index (κ3) is 11.7. The van der Waals surface area contributed by atoms with Gasteiger partial charge in [-0.25, -0.2) is 0 Å². The molecule has 7 rings (SSSR count). The summed E-state index contributed by atoms with van der Waals surface area (Å²) < 4.78 is 13.6. The molecule has 324 valence electrons. The Labute approximate surface area is 360 Å². The Bertz CT molecular complexity index is 2100. The van der Waals surface area contributed by atoms with Crippen LogP contribution in [0.4, 0.5) is 11.4 Å². The Kier molecular flexibility index (Phi) is 14.6. The summed E-state index contributed by atoms with van der Waals surface area (Å²) in [6.07, 6.45) is 7.09. The zero-order valence-electron chi connectivity index (χ0n) is 35.9. The molecule has 1 aliphatic carbocycles. The summed E-state index contributed by atoms with van der Waals surface area (Å²) in [6, 6.07) is 31.5. The van der Waals surface area contributed by atoms with E-state index in [9.17, 15) is 19.5 Å². The Morgan fingerprint density at radius 3 is 2.26 bits per heavy atom.